The fourth-order valence-electron chi connectivity index (χ4n) is 2.39. The van der Waals surface area contributed by atoms with Gasteiger partial charge in [0, 0.05) is 24.1 Å². The summed E-state index contributed by atoms with van der Waals surface area (Å²) in [5, 5.41) is 4.43. The molecule has 2 aromatic rings. The van der Waals surface area contributed by atoms with Gasteiger partial charge in [0.1, 0.15) is 5.52 Å². The van der Waals surface area contributed by atoms with Crippen LogP contribution >= 0.6 is 0 Å². The second-order valence-electron chi connectivity index (χ2n) is 6.42. The lowest BCUT2D eigenvalue weighted by molar-refractivity contribution is 0.00578. The zero-order valence-electron chi connectivity index (χ0n) is 12.7. The SMILES string of the molecule is Cn1cc2cc(B3OC(C)(C)C(C)(C)O3)c(F)c(F)c2n1. The molecule has 1 aromatic heterocycles. The van der Waals surface area contributed by atoms with Crippen molar-refractivity contribution >= 4 is 23.5 Å². The summed E-state index contributed by atoms with van der Waals surface area (Å²) in [6, 6.07) is 1.53. The lowest BCUT2D eigenvalue weighted by Gasteiger charge is -2.32. The molecule has 0 atom stereocenters. The largest absolute Gasteiger partial charge is 0.497 e. The number of aryl methyl sites for hydroxylation is 1. The summed E-state index contributed by atoms with van der Waals surface area (Å²) >= 11 is 0. The second kappa shape index (κ2) is 4.27. The summed E-state index contributed by atoms with van der Waals surface area (Å²) in [7, 11) is 0.723. The summed E-state index contributed by atoms with van der Waals surface area (Å²) in [6.07, 6.45) is 1.63. The van der Waals surface area contributed by atoms with Crippen molar-refractivity contribution in [2.24, 2.45) is 7.05 Å². The van der Waals surface area contributed by atoms with Gasteiger partial charge in [0.15, 0.2) is 11.6 Å². The molecule has 1 saturated heterocycles. The van der Waals surface area contributed by atoms with Crippen LogP contribution in [0.25, 0.3) is 10.9 Å². The normalized spacial score (nSPS) is 20.4. The number of halogens is 2. The standard InChI is InChI=1S/C14H17BF2N2O2/c1-13(2)14(3,4)21-15(20-13)9-6-8-7-19(5)18-12(8)11(17)10(9)16/h6-7H,1-5H3. The molecule has 21 heavy (non-hydrogen) atoms. The number of hydrogen-bond donors (Lipinski definition) is 0. The molecule has 3 rings (SSSR count). The Labute approximate surface area is 122 Å². The van der Waals surface area contributed by atoms with E-state index in [1.54, 1.807) is 13.2 Å². The van der Waals surface area contributed by atoms with Crippen LogP contribution < -0.4 is 5.46 Å². The van der Waals surface area contributed by atoms with E-state index in [1.165, 1.54) is 10.7 Å². The van der Waals surface area contributed by atoms with Gasteiger partial charge in [0.05, 0.1) is 11.2 Å². The third-order valence-electron chi connectivity index (χ3n) is 4.33. The first-order chi connectivity index (χ1) is 9.62. The third kappa shape index (κ3) is 2.07. The topological polar surface area (TPSA) is 36.3 Å². The Bertz CT molecular complexity index is 711. The van der Waals surface area contributed by atoms with E-state index in [0.29, 0.717) is 5.39 Å². The fraction of sp³-hybridized carbons (Fsp3) is 0.500. The van der Waals surface area contributed by atoms with Gasteiger partial charge in [-0.3, -0.25) is 4.68 Å². The molecule has 7 heteroatoms. The number of benzene rings is 1. The molecular formula is C14H17BF2N2O2. The van der Waals surface area contributed by atoms with Gasteiger partial charge in [0.2, 0.25) is 0 Å². The Morgan fingerprint density at radius 1 is 1.10 bits per heavy atom. The lowest BCUT2D eigenvalue weighted by Crippen LogP contribution is -2.41. The maximum atomic E-state index is 14.3. The molecule has 0 radical (unpaired) electrons. The summed E-state index contributed by atoms with van der Waals surface area (Å²) < 4.78 is 41.5. The Kier molecular flexibility index (Phi) is 2.94. The van der Waals surface area contributed by atoms with Gasteiger partial charge in [-0.2, -0.15) is 5.10 Å². The smallest absolute Gasteiger partial charge is 0.399 e. The van der Waals surface area contributed by atoms with Gasteiger partial charge >= 0.3 is 7.12 Å². The second-order valence-corrected chi connectivity index (χ2v) is 6.42. The lowest BCUT2D eigenvalue weighted by atomic mass is 9.78. The predicted molar refractivity (Wildman–Crippen MR) is 76.3 cm³/mol. The van der Waals surface area contributed by atoms with Gasteiger partial charge < -0.3 is 9.31 Å². The first kappa shape index (κ1) is 14.5. The van der Waals surface area contributed by atoms with E-state index in [2.05, 4.69) is 5.10 Å². The molecule has 0 aliphatic carbocycles. The molecule has 0 unspecified atom stereocenters. The Morgan fingerprint density at radius 3 is 2.24 bits per heavy atom. The minimum Gasteiger partial charge on any atom is -0.399 e. The van der Waals surface area contributed by atoms with E-state index >= 15 is 0 Å². The van der Waals surface area contributed by atoms with Crippen molar-refractivity contribution < 1.29 is 18.1 Å². The third-order valence-corrected chi connectivity index (χ3v) is 4.33. The average Bonchev–Trinajstić information content (AvgIpc) is 2.82. The number of rotatable bonds is 1. The summed E-state index contributed by atoms with van der Waals surface area (Å²) in [5.74, 6) is -1.95. The molecule has 112 valence electrons. The van der Waals surface area contributed by atoms with Crippen molar-refractivity contribution in [1.29, 1.82) is 0 Å². The van der Waals surface area contributed by atoms with Gasteiger partial charge in [-0.15, -0.1) is 0 Å². The maximum absolute atomic E-state index is 14.3. The first-order valence-corrected chi connectivity index (χ1v) is 6.79. The van der Waals surface area contributed by atoms with Crippen LogP contribution in [0.15, 0.2) is 12.3 Å². The number of aromatic nitrogens is 2. The van der Waals surface area contributed by atoms with E-state index in [4.69, 9.17) is 9.31 Å². The molecule has 0 saturated carbocycles. The molecule has 0 amide bonds. The van der Waals surface area contributed by atoms with Crippen molar-refractivity contribution in [3.05, 3.63) is 23.9 Å². The molecule has 2 heterocycles. The summed E-state index contributed by atoms with van der Waals surface area (Å²) in [4.78, 5) is 0. The van der Waals surface area contributed by atoms with Crippen molar-refractivity contribution in [2.75, 3.05) is 0 Å². The fourth-order valence-corrected chi connectivity index (χ4v) is 2.39. The van der Waals surface area contributed by atoms with Crippen molar-refractivity contribution in [1.82, 2.24) is 9.78 Å². The number of nitrogens with zero attached hydrogens (tertiary/aromatic N) is 2. The predicted octanol–water partition coefficient (Wildman–Crippen LogP) is 2.15. The monoisotopic (exact) mass is 294 g/mol. The minimum absolute atomic E-state index is 0.00951. The number of fused-ring (bicyclic) bond motifs is 1. The highest BCUT2D eigenvalue weighted by Crippen LogP contribution is 2.37. The molecule has 1 aliphatic heterocycles. The van der Waals surface area contributed by atoms with Gasteiger partial charge in [-0.1, -0.05) is 0 Å². The van der Waals surface area contributed by atoms with Gasteiger partial charge in [-0.25, -0.2) is 8.78 Å². The van der Waals surface area contributed by atoms with Crippen LogP contribution in [0, 0.1) is 11.6 Å². The molecule has 1 aliphatic rings. The van der Waals surface area contributed by atoms with Gasteiger partial charge in [-0.05, 0) is 33.8 Å². The van der Waals surface area contributed by atoms with Crippen molar-refractivity contribution in [3.63, 3.8) is 0 Å². The zero-order valence-corrected chi connectivity index (χ0v) is 12.7. The highest BCUT2D eigenvalue weighted by molar-refractivity contribution is 6.62. The molecule has 0 spiro atoms. The van der Waals surface area contributed by atoms with Crippen LogP contribution in [0.1, 0.15) is 27.7 Å². The van der Waals surface area contributed by atoms with Crippen LogP contribution in [0.3, 0.4) is 0 Å². The van der Waals surface area contributed by atoms with E-state index < -0.39 is 30.0 Å². The molecule has 0 bridgehead atoms. The summed E-state index contributed by atoms with van der Waals surface area (Å²) in [6.45, 7) is 7.46. The Balaban J connectivity index is 2.12. The quantitative estimate of drug-likeness (QED) is 0.756. The van der Waals surface area contributed by atoms with E-state index in [0.717, 1.165) is 0 Å². The molecule has 1 aromatic carbocycles. The van der Waals surface area contributed by atoms with E-state index in [9.17, 15) is 8.78 Å². The van der Waals surface area contributed by atoms with Gasteiger partial charge in [0.25, 0.3) is 0 Å². The highest BCUT2D eigenvalue weighted by atomic mass is 19.2. The molecule has 0 N–H and O–H groups in total. The van der Waals surface area contributed by atoms with Crippen LogP contribution in [0.5, 0.6) is 0 Å². The maximum Gasteiger partial charge on any atom is 0.497 e. The van der Waals surface area contributed by atoms with Crippen LogP contribution in [0.4, 0.5) is 8.78 Å². The van der Waals surface area contributed by atoms with E-state index in [-0.39, 0.29) is 11.0 Å². The Hall–Kier alpha value is -1.47. The highest BCUT2D eigenvalue weighted by Gasteiger charge is 2.52. The zero-order chi connectivity index (χ0) is 15.6. The van der Waals surface area contributed by atoms with Crippen LogP contribution in [0.2, 0.25) is 0 Å². The minimum atomic E-state index is -0.974. The molecule has 1 fully saturated rings. The van der Waals surface area contributed by atoms with Crippen LogP contribution in [-0.4, -0.2) is 28.1 Å². The first-order valence-electron chi connectivity index (χ1n) is 6.79. The van der Waals surface area contributed by atoms with Crippen molar-refractivity contribution in [2.45, 2.75) is 38.9 Å². The van der Waals surface area contributed by atoms with E-state index in [1.807, 2.05) is 27.7 Å². The average molecular weight is 294 g/mol. The molecular weight excluding hydrogens is 277 g/mol. The van der Waals surface area contributed by atoms with Crippen molar-refractivity contribution in [3.8, 4) is 0 Å². The number of hydrogen-bond acceptors (Lipinski definition) is 3. The Morgan fingerprint density at radius 2 is 1.67 bits per heavy atom. The molecule has 4 nitrogen and oxygen atoms in total. The van der Waals surface area contributed by atoms with Crippen LogP contribution in [-0.2, 0) is 16.4 Å². The summed E-state index contributed by atoms with van der Waals surface area (Å²) in [5.41, 5.74) is -1.14.